The molecule has 0 fully saturated rings. The van der Waals surface area contributed by atoms with E-state index in [4.69, 9.17) is 0 Å². The molecule has 2 aliphatic rings. The molecule has 1 heterocycles. The van der Waals surface area contributed by atoms with Gasteiger partial charge in [0.2, 0.25) is 5.91 Å². The Bertz CT molecular complexity index is 1110. The van der Waals surface area contributed by atoms with Crippen LogP contribution in [0.5, 0.6) is 0 Å². The van der Waals surface area contributed by atoms with Gasteiger partial charge in [-0.25, -0.2) is 0 Å². The van der Waals surface area contributed by atoms with Gasteiger partial charge in [0.15, 0.2) is 0 Å². The van der Waals surface area contributed by atoms with Crippen molar-refractivity contribution in [1.29, 1.82) is 0 Å². The van der Waals surface area contributed by atoms with Gasteiger partial charge in [-0.2, -0.15) is 0 Å². The quantitative estimate of drug-likeness (QED) is 0.525. The van der Waals surface area contributed by atoms with Gasteiger partial charge in [0.05, 0.1) is 6.04 Å². The molecule has 3 nitrogen and oxygen atoms in total. The first-order valence-electron chi connectivity index (χ1n) is 10.5. The van der Waals surface area contributed by atoms with E-state index in [1.165, 1.54) is 27.6 Å². The molecule has 0 radical (unpaired) electrons. The van der Waals surface area contributed by atoms with Gasteiger partial charge < -0.3 is 10.6 Å². The van der Waals surface area contributed by atoms with Crippen LogP contribution < -0.4 is 10.6 Å². The first-order valence-corrected chi connectivity index (χ1v) is 10.5. The highest BCUT2D eigenvalue weighted by molar-refractivity contribution is 5.92. The van der Waals surface area contributed by atoms with Crippen LogP contribution >= 0.6 is 0 Å². The van der Waals surface area contributed by atoms with E-state index in [0.29, 0.717) is 11.8 Å². The fraction of sp³-hybridized carbons (Fsp3) is 0.269. The number of nitrogens with one attached hydrogen (secondary N) is 2. The molecule has 3 aromatic carbocycles. The number of hydrogen-bond acceptors (Lipinski definition) is 2. The minimum Gasteiger partial charge on any atom is -0.378 e. The molecule has 3 aromatic rings. The smallest absolute Gasteiger partial charge is 0.226 e. The predicted molar refractivity (Wildman–Crippen MR) is 120 cm³/mol. The molecule has 3 atom stereocenters. The lowest BCUT2D eigenvalue weighted by molar-refractivity contribution is -0.118. The van der Waals surface area contributed by atoms with Crippen LogP contribution in [0.1, 0.15) is 43.4 Å². The average Bonchev–Trinajstić information content (AvgIpc) is 3.23. The Balaban J connectivity index is 1.54. The zero-order valence-corrected chi connectivity index (χ0v) is 16.9. The second kappa shape index (κ2) is 7.07. The average molecular weight is 383 g/mol. The maximum absolute atomic E-state index is 12.1. The Hall–Kier alpha value is -3.07. The van der Waals surface area contributed by atoms with E-state index in [1.807, 2.05) is 19.9 Å². The SMILES string of the molecule is CC(C)C(=O)Nc1ccc2c(c1)C1C=CCC1C(c1cccc3ccccc13)N2. The lowest BCUT2D eigenvalue weighted by Gasteiger charge is -2.38. The molecule has 146 valence electrons. The number of hydrogen-bond donors (Lipinski definition) is 2. The van der Waals surface area contributed by atoms with Gasteiger partial charge in [-0.15, -0.1) is 0 Å². The van der Waals surface area contributed by atoms with Gasteiger partial charge in [0, 0.05) is 23.2 Å². The van der Waals surface area contributed by atoms with E-state index in [1.54, 1.807) is 0 Å². The number of carbonyl (C=O) groups excluding carboxylic acids is 1. The number of carbonyl (C=O) groups is 1. The Kier molecular flexibility index (Phi) is 4.39. The van der Waals surface area contributed by atoms with Gasteiger partial charge in [0.25, 0.3) is 0 Å². The van der Waals surface area contributed by atoms with Crippen molar-refractivity contribution in [3.8, 4) is 0 Å². The monoisotopic (exact) mass is 382 g/mol. The summed E-state index contributed by atoms with van der Waals surface area (Å²) in [5, 5.41) is 9.48. The highest BCUT2D eigenvalue weighted by Gasteiger charge is 2.38. The molecule has 29 heavy (non-hydrogen) atoms. The third kappa shape index (κ3) is 3.11. The maximum Gasteiger partial charge on any atom is 0.226 e. The summed E-state index contributed by atoms with van der Waals surface area (Å²) in [5.41, 5.74) is 4.69. The van der Waals surface area contributed by atoms with Gasteiger partial charge in [-0.05, 0) is 52.4 Å². The van der Waals surface area contributed by atoms with Crippen molar-refractivity contribution < 1.29 is 4.79 Å². The first kappa shape index (κ1) is 18.0. The van der Waals surface area contributed by atoms with E-state index >= 15 is 0 Å². The van der Waals surface area contributed by atoms with E-state index in [2.05, 4.69) is 77.4 Å². The van der Waals surface area contributed by atoms with Crippen LogP contribution in [0.25, 0.3) is 10.8 Å². The van der Waals surface area contributed by atoms with Gasteiger partial charge >= 0.3 is 0 Å². The molecule has 1 aliphatic carbocycles. The largest absolute Gasteiger partial charge is 0.378 e. The second-order valence-electron chi connectivity index (χ2n) is 8.49. The molecule has 3 unspecified atom stereocenters. The van der Waals surface area contributed by atoms with E-state index in [-0.39, 0.29) is 17.9 Å². The third-order valence-electron chi connectivity index (χ3n) is 6.31. The zero-order valence-electron chi connectivity index (χ0n) is 16.9. The summed E-state index contributed by atoms with van der Waals surface area (Å²) >= 11 is 0. The van der Waals surface area contributed by atoms with E-state index < -0.39 is 0 Å². The summed E-state index contributed by atoms with van der Waals surface area (Å²) in [7, 11) is 0. The van der Waals surface area contributed by atoms with Gasteiger partial charge in [-0.3, -0.25) is 4.79 Å². The number of benzene rings is 3. The Labute approximate surface area is 171 Å². The van der Waals surface area contributed by atoms with Crippen molar-refractivity contribution in [2.45, 2.75) is 32.2 Å². The van der Waals surface area contributed by atoms with Crippen molar-refractivity contribution in [3.63, 3.8) is 0 Å². The highest BCUT2D eigenvalue weighted by Crippen LogP contribution is 2.51. The molecular weight excluding hydrogens is 356 g/mol. The number of allylic oxidation sites excluding steroid dienone is 2. The van der Waals surface area contributed by atoms with Crippen LogP contribution in [0, 0.1) is 11.8 Å². The van der Waals surface area contributed by atoms with Gasteiger partial charge in [0.1, 0.15) is 0 Å². The molecule has 5 rings (SSSR count). The summed E-state index contributed by atoms with van der Waals surface area (Å²) in [5.74, 6) is 0.871. The summed E-state index contributed by atoms with van der Waals surface area (Å²) in [6.07, 6.45) is 5.72. The van der Waals surface area contributed by atoms with Crippen molar-refractivity contribution in [2.24, 2.45) is 11.8 Å². The first-order chi connectivity index (χ1) is 14.1. The van der Waals surface area contributed by atoms with Crippen molar-refractivity contribution in [1.82, 2.24) is 0 Å². The fourth-order valence-corrected chi connectivity index (χ4v) is 4.79. The molecule has 0 saturated heterocycles. The van der Waals surface area contributed by atoms with Crippen LogP contribution in [-0.4, -0.2) is 5.91 Å². The minimum atomic E-state index is -0.0287. The predicted octanol–water partition coefficient (Wildman–Crippen LogP) is 6.26. The standard InChI is InChI=1S/C26H26N2O/c1-16(2)26(29)27-18-13-14-24-23(15-18)20-10-6-12-22(20)25(28-24)21-11-5-8-17-7-3-4-9-19(17)21/h3-11,13-16,20,22,25,28H,12H2,1-2H3,(H,27,29). The fourth-order valence-electron chi connectivity index (χ4n) is 4.79. The summed E-state index contributed by atoms with van der Waals surface area (Å²) in [6, 6.07) is 21.8. The van der Waals surface area contributed by atoms with Gasteiger partial charge in [-0.1, -0.05) is 68.5 Å². The molecule has 0 bridgehead atoms. The molecule has 1 amide bonds. The maximum atomic E-state index is 12.1. The third-order valence-corrected chi connectivity index (χ3v) is 6.31. The molecule has 1 aliphatic heterocycles. The number of fused-ring (bicyclic) bond motifs is 4. The van der Waals surface area contributed by atoms with Crippen LogP contribution in [0.15, 0.2) is 72.8 Å². The Morgan fingerprint density at radius 2 is 1.86 bits per heavy atom. The Morgan fingerprint density at radius 1 is 1.03 bits per heavy atom. The van der Waals surface area contributed by atoms with Crippen LogP contribution in [0.2, 0.25) is 0 Å². The zero-order chi connectivity index (χ0) is 20.0. The van der Waals surface area contributed by atoms with Crippen LogP contribution in [-0.2, 0) is 4.79 Å². The second-order valence-corrected chi connectivity index (χ2v) is 8.49. The number of anilines is 2. The molecule has 3 heteroatoms. The molecule has 0 spiro atoms. The topological polar surface area (TPSA) is 41.1 Å². The summed E-state index contributed by atoms with van der Waals surface area (Å²) < 4.78 is 0. The normalized spacial score (nSPS) is 22.2. The molecule has 0 saturated carbocycles. The number of amides is 1. The van der Waals surface area contributed by atoms with E-state index in [0.717, 1.165) is 12.1 Å². The Morgan fingerprint density at radius 3 is 2.72 bits per heavy atom. The van der Waals surface area contributed by atoms with Crippen molar-refractivity contribution in [3.05, 3.63) is 83.9 Å². The minimum absolute atomic E-state index is 0.0287. The summed E-state index contributed by atoms with van der Waals surface area (Å²) in [6.45, 7) is 3.83. The van der Waals surface area contributed by atoms with Crippen LogP contribution in [0.4, 0.5) is 11.4 Å². The highest BCUT2D eigenvalue weighted by atomic mass is 16.1. The van der Waals surface area contributed by atoms with E-state index in [9.17, 15) is 4.79 Å². The lowest BCUT2D eigenvalue weighted by Crippen LogP contribution is -2.29. The summed E-state index contributed by atoms with van der Waals surface area (Å²) in [4.78, 5) is 12.1. The molecular formula is C26H26N2O. The van der Waals surface area contributed by atoms with Crippen molar-refractivity contribution in [2.75, 3.05) is 10.6 Å². The molecule has 2 N–H and O–H groups in total. The van der Waals surface area contributed by atoms with Crippen LogP contribution in [0.3, 0.4) is 0 Å². The lowest BCUT2D eigenvalue weighted by atomic mass is 9.76. The molecule has 0 aromatic heterocycles. The number of rotatable bonds is 3. The van der Waals surface area contributed by atoms with Crippen molar-refractivity contribution >= 4 is 28.1 Å².